The van der Waals surface area contributed by atoms with Crippen LogP contribution in [0.25, 0.3) is 11.6 Å². The fourth-order valence-corrected chi connectivity index (χ4v) is 2.76. The maximum Gasteiger partial charge on any atom is 0.422 e. The number of hydrogen-bond acceptors (Lipinski definition) is 6. The number of rotatable bonds is 6. The van der Waals surface area contributed by atoms with Crippen molar-refractivity contribution in [1.29, 1.82) is 0 Å². The van der Waals surface area contributed by atoms with E-state index in [1.165, 1.54) is 34.8 Å². The number of alkyl halides is 3. The number of hydrogen-bond donors (Lipinski definition) is 1. The van der Waals surface area contributed by atoms with Gasteiger partial charge >= 0.3 is 6.18 Å². The zero-order valence-electron chi connectivity index (χ0n) is 12.7. The third-order valence-corrected chi connectivity index (χ3v) is 4.11. The Morgan fingerprint density at radius 2 is 1.92 bits per heavy atom. The number of aromatic nitrogens is 3. The summed E-state index contributed by atoms with van der Waals surface area (Å²) in [6.07, 6.45) is -2.84. The van der Waals surface area contributed by atoms with Crippen molar-refractivity contribution in [3.8, 4) is 17.3 Å². The van der Waals surface area contributed by atoms with Gasteiger partial charge in [0.15, 0.2) is 12.4 Å². The molecule has 3 aromatic rings. The zero-order valence-corrected chi connectivity index (χ0v) is 13.5. The number of nitrogens with two attached hydrogens (primary N) is 1. The van der Waals surface area contributed by atoms with E-state index in [0.717, 1.165) is 5.56 Å². The molecule has 0 saturated carbocycles. The standard InChI is InChI=1S/C15H13F3N4O2S/c16-15(17,18)9-24-11-5-3-10(4-6-11)8-25-14-21-20-13(22(14)19)12-2-1-7-23-12/h1-7H,8-9,19H2. The number of thioether (sulfide) groups is 1. The van der Waals surface area contributed by atoms with Crippen LogP contribution in [0.1, 0.15) is 5.56 Å². The fraction of sp³-hybridized carbons (Fsp3) is 0.200. The minimum Gasteiger partial charge on any atom is -0.484 e. The van der Waals surface area contributed by atoms with Gasteiger partial charge in [-0.25, -0.2) is 4.68 Å². The van der Waals surface area contributed by atoms with Gasteiger partial charge in [0, 0.05) is 5.75 Å². The molecule has 3 rings (SSSR count). The highest BCUT2D eigenvalue weighted by molar-refractivity contribution is 7.98. The van der Waals surface area contributed by atoms with Crippen molar-refractivity contribution in [3.05, 3.63) is 48.2 Å². The lowest BCUT2D eigenvalue weighted by Gasteiger charge is -2.09. The summed E-state index contributed by atoms with van der Waals surface area (Å²) in [5, 5.41) is 8.47. The Kier molecular flexibility index (Phi) is 4.88. The zero-order chi connectivity index (χ0) is 17.9. The summed E-state index contributed by atoms with van der Waals surface area (Å²) in [7, 11) is 0. The molecule has 0 aliphatic heterocycles. The summed E-state index contributed by atoms with van der Waals surface area (Å²) in [6.45, 7) is -1.31. The molecule has 0 saturated heterocycles. The van der Waals surface area contributed by atoms with E-state index in [2.05, 4.69) is 14.9 Å². The Labute approximate surface area is 144 Å². The van der Waals surface area contributed by atoms with Crippen LogP contribution in [0.2, 0.25) is 0 Å². The van der Waals surface area contributed by atoms with Gasteiger partial charge < -0.3 is 15.0 Å². The molecule has 0 atom stereocenters. The van der Waals surface area contributed by atoms with Gasteiger partial charge in [-0.05, 0) is 29.8 Å². The number of nitrogen functional groups attached to an aromatic ring is 1. The lowest BCUT2D eigenvalue weighted by Crippen LogP contribution is -2.19. The van der Waals surface area contributed by atoms with Gasteiger partial charge in [0.05, 0.1) is 6.26 Å². The van der Waals surface area contributed by atoms with E-state index in [9.17, 15) is 13.2 Å². The molecule has 0 fully saturated rings. The Morgan fingerprint density at radius 3 is 2.56 bits per heavy atom. The van der Waals surface area contributed by atoms with E-state index < -0.39 is 12.8 Å². The number of nitrogens with zero attached hydrogens (tertiary/aromatic N) is 3. The van der Waals surface area contributed by atoms with E-state index in [-0.39, 0.29) is 5.75 Å². The monoisotopic (exact) mass is 370 g/mol. The van der Waals surface area contributed by atoms with Crippen molar-refractivity contribution in [3.63, 3.8) is 0 Å². The van der Waals surface area contributed by atoms with Crippen LogP contribution in [0.3, 0.4) is 0 Å². The van der Waals surface area contributed by atoms with E-state index in [0.29, 0.717) is 22.5 Å². The van der Waals surface area contributed by atoms with Crippen LogP contribution in [0, 0.1) is 0 Å². The predicted molar refractivity (Wildman–Crippen MR) is 85.4 cm³/mol. The summed E-state index contributed by atoms with van der Waals surface area (Å²) in [4.78, 5) is 0. The van der Waals surface area contributed by atoms with Crippen molar-refractivity contribution in [1.82, 2.24) is 14.9 Å². The predicted octanol–water partition coefficient (Wildman–Crippen LogP) is 3.49. The largest absolute Gasteiger partial charge is 0.484 e. The Balaban J connectivity index is 1.59. The molecule has 2 aromatic heterocycles. The fourth-order valence-electron chi connectivity index (χ4n) is 1.94. The summed E-state index contributed by atoms with van der Waals surface area (Å²) < 4.78 is 47.5. The molecule has 2 heterocycles. The molecule has 0 spiro atoms. The molecule has 0 aliphatic carbocycles. The highest BCUT2D eigenvalue weighted by Crippen LogP contribution is 2.25. The molecular weight excluding hydrogens is 357 g/mol. The molecule has 0 bridgehead atoms. The number of halogens is 3. The van der Waals surface area contributed by atoms with Gasteiger partial charge in [-0.15, -0.1) is 10.2 Å². The van der Waals surface area contributed by atoms with Gasteiger partial charge in [0.25, 0.3) is 0 Å². The second-order valence-corrected chi connectivity index (χ2v) is 5.93. The van der Waals surface area contributed by atoms with Crippen LogP contribution in [0.5, 0.6) is 5.75 Å². The molecule has 2 N–H and O–H groups in total. The molecule has 0 unspecified atom stereocenters. The van der Waals surface area contributed by atoms with Crippen molar-refractivity contribution in [2.75, 3.05) is 12.4 Å². The van der Waals surface area contributed by atoms with Crippen molar-refractivity contribution < 1.29 is 22.3 Å². The molecule has 10 heteroatoms. The van der Waals surface area contributed by atoms with Crippen LogP contribution in [0.15, 0.2) is 52.2 Å². The number of furan rings is 1. The molecule has 25 heavy (non-hydrogen) atoms. The van der Waals surface area contributed by atoms with Crippen LogP contribution in [-0.2, 0) is 5.75 Å². The van der Waals surface area contributed by atoms with Crippen LogP contribution < -0.4 is 10.6 Å². The van der Waals surface area contributed by atoms with E-state index in [1.54, 1.807) is 24.3 Å². The summed E-state index contributed by atoms with van der Waals surface area (Å²) >= 11 is 1.34. The molecule has 0 radical (unpaired) electrons. The molecule has 1 aromatic carbocycles. The third kappa shape index (κ3) is 4.47. The average Bonchev–Trinajstić information content (AvgIpc) is 3.21. The number of ether oxygens (including phenoxy) is 1. The maximum absolute atomic E-state index is 12.1. The van der Waals surface area contributed by atoms with E-state index in [4.69, 9.17) is 10.3 Å². The lowest BCUT2D eigenvalue weighted by atomic mass is 10.2. The normalized spacial score (nSPS) is 11.6. The Hall–Kier alpha value is -2.62. The Bertz CT molecular complexity index is 816. The van der Waals surface area contributed by atoms with Crippen LogP contribution >= 0.6 is 11.8 Å². The number of benzene rings is 1. The first-order valence-corrected chi connectivity index (χ1v) is 8.06. The van der Waals surface area contributed by atoms with Gasteiger partial charge in [-0.2, -0.15) is 13.2 Å². The SMILES string of the molecule is Nn1c(SCc2ccc(OCC(F)(F)F)cc2)nnc1-c1ccco1. The van der Waals surface area contributed by atoms with Crippen molar-refractivity contribution in [2.45, 2.75) is 17.1 Å². The topological polar surface area (TPSA) is 79.1 Å². The minimum absolute atomic E-state index is 0.160. The first-order chi connectivity index (χ1) is 11.9. The molecule has 0 aliphatic rings. The molecular formula is C15H13F3N4O2S. The van der Waals surface area contributed by atoms with Crippen LogP contribution in [0.4, 0.5) is 13.2 Å². The first kappa shape index (κ1) is 17.2. The van der Waals surface area contributed by atoms with Crippen LogP contribution in [-0.4, -0.2) is 27.7 Å². The second-order valence-electron chi connectivity index (χ2n) is 4.99. The first-order valence-electron chi connectivity index (χ1n) is 7.08. The molecule has 0 amide bonds. The van der Waals surface area contributed by atoms with Gasteiger partial charge in [0.1, 0.15) is 5.75 Å². The van der Waals surface area contributed by atoms with E-state index in [1.807, 2.05) is 0 Å². The Morgan fingerprint density at radius 1 is 1.16 bits per heavy atom. The van der Waals surface area contributed by atoms with Crippen molar-refractivity contribution in [2.24, 2.45) is 0 Å². The summed E-state index contributed by atoms with van der Waals surface area (Å²) in [5.41, 5.74) is 0.881. The lowest BCUT2D eigenvalue weighted by molar-refractivity contribution is -0.153. The summed E-state index contributed by atoms with van der Waals surface area (Å²) in [5.74, 6) is 7.54. The third-order valence-electron chi connectivity index (χ3n) is 3.10. The second kappa shape index (κ2) is 7.09. The summed E-state index contributed by atoms with van der Waals surface area (Å²) in [6, 6.07) is 9.79. The minimum atomic E-state index is -4.36. The average molecular weight is 370 g/mol. The molecule has 6 nitrogen and oxygen atoms in total. The highest BCUT2D eigenvalue weighted by atomic mass is 32.2. The van der Waals surface area contributed by atoms with Crippen molar-refractivity contribution >= 4 is 11.8 Å². The quantitative estimate of drug-likeness (QED) is 0.529. The highest BCUT2D eigenvalue weighted by Gasteiger charge is 2.28. The smallest absolute Gasteiger partial charge is 0.422 e. The maximum atomic E-state index is 12.1. The van der Waals surface area contributed by atoms with Gasteiger partial charge in [0.2, 0.25) is 11.0 Å². The van der Waals surface area contributed by atoms with Gasteiger partial charge in [-0.3, -0.25) is 0 Å². The van der Waals surface area contributed by atoms with E-state index >= 15 is 0 Å². The van der Waals surface area contributed by atoms with Gasteiger partial charge in [-0.1, -0.05) is 23.9 Å². The molecule has 132 valence electrons.